The van der Waals surface area contributed by atoms with Crippen LogP contribution >= 0.6 is 55.7 Å². The quantitative estimate of drug-likeness (QED) is 0.156. The van der Waals surface area contributed by atoms with E-state index in [0.717, 1.165) is 18.5 Å². The van der Waals surface area contributed by atoms with Gasteiger partial charge in [-0.15, -0.1) is 0 Å². The van der Waals surface area contributed by atoms with Crippen molar-refractivity contribution in [3.05, 3.63) is 97.6 Å². The van der Waals surface area contributed by atoms with Crippen LogP contribution in [0.2, 0.25) is 0 Å². The van der Waals surface area contributed by atoms with Crippen molar-refractivity contribution >= 4 is 75.8 Å². The van der Waals surface area contributed by atoms with E-state index in [2.05, 4.69) is 118 Å². The maximum absolute atomic E-state index is 10.0. The predicted molar refractivity (Wildman–Crippen MR) is 148 cm³/mol. The number of halogens is 2. The molecule has 1 N–H and O–H groups in total. The van der Waals surface area contributed by atoms with E-state index in [1.807, 2.05) is 19.1 Å². The Morgan fingerprint density at radius 2 is 1.29 bits per heavy atom. The highest BCUT2D eigenvalue weighted by atomic mass is 127. The SMILES string of the molecule is CC(Oc1ccc(-[s+]2c3ccccc3c3ccccc32)cc1)c1cc(I)c(O)c(I)c1. The van der Waals surface area contributed by atoms with Crippen LogP contribution in [0.5, 0.6) is 11.5 Å². The monoisotopic (exact) mass is 649 g/mol. The number of hydrogen-bond acceptors (Lipinski definition) is 2. The van der Waals surface area contributed by atoms with Gasteiger partial charge in [0.1, 0.15) is 17.6 Å². The second-order valence-electron chi connectivity index (χ2n) is 7.36. The molecule has 0 bridgehead atoms. The third-order valence-electron chi connectivity index (χ3n) is 5.39. The Kier molecular flexibility index (Phi) is 5.83. The van der Waals surface area contributed by atoms with Crippen LogP contribution in [-0.2, 0) is 0 Å². The van der Waals surface area contributed by atoms with Crippen molar-refractivity contribution < 1.29 is 9.84 Å². The fraction of sp³-hybridized carbons (Fsp3) is 0.0769. The molecule has 0 saturated heterocycles. The fourth-order valence-corrected chi connectivity index (χ4v) is 8.05. The van der Waals surface area contributed by atoms with E-state index in [0.29, 0.717) is 5.75 Å². The van der Waals surface area contributed by atoms with Gasteiger partial charge in [0.25, 0.3) is 0 Å². The van der Waals surface area contributed by atoms with Crippen molar-refractivity contribution in [2.45, 2.75) is 13.0 Å². The van der Waals surface area contributed by atoms with Crippen LogP contribution in [0, 0.1) is 7.14 Å². The first-order valence-electron chi connectivity index (χ1n) is 9.90. The highest BCUT2D eigenvalue weighted by Gasteiger charge is 2.23. The van der Waals surface area contributed by atoms with Crippen molar-refractivity contribution in [3.8, 4) is 16.4 Å². The molecule has 0 aliphatic heterocycles. The molecule has 5 aromatic rings. The van der Waals surface area contributed by atoms with Crippen LogP contribution in [0.1, 0.15) is 18.6 Å². The van der Waals surface area contributed by atoms with Crippen LogP contribution in [0.3, 0.4) is 0 Å². The van der Waals surface area contributed by atoms with Gasteiger partial charge in [-0.2, -0.15) is 0 Å². The molecule has 1 atom stereocenters. The minimum Gasteiger partial charge on any atom is -0.506 e. The summed E-state index contributed by atoms with van der Waals surface area (Å²) < 4.78 is 10.7. The number of hydrogen-bond donors (Lipinski definition) is 1. The van der Waals surface area contributed by atoms with Gasteiger partial charge in [-0.05, 0) is 106 Å². The van der Waals surface area contributed by atoms with Gasteiger partial charge in [0.15, 0.2) is 14.3 Å². The number of phenols is 1. The molecule has 5 rings (SSSR count). The summed E-state index contributed by atoms with van der Waals surface area (Å²) in [4.78, 5) is 1.30. The third kappa shape index (κ3) is 3.91. The van der Waals surface area contributed by atoms with Gasteiger partial charge in [0, 0.05) is 33.4 Å². The standard InChI is InChI=1S/C26H18I2O2S/c1-16(17-14-22(27)26(29)23(28)15-17)30-18-10-12-19(13-11-18)31-24-8-4-2-6-20(24)21-7-3-5-9-25(21)31/h2-16H,1H3/p+1. The van der Waals surface area contributed by atoms with Gasteiger partial charge in [-0.3, -0.25) is 0 Å². The first-order chi connectivity index (χ1) is 15.0. The van der Waals surface area contributed by atoms with Gasteiger partial charge in [0.2, 0.25) is 0 Å². The predicted octanol–water partition coefficient (Wildman–Crippen LogP) is 8.79. The van der Waals surface area contributed by atoms with Crippen LogP contribution in [0.4, 0.5) is 0 Å². The molecule has 0 fully saturated rings. The highest BCUT2D eigenvalue weighted by Crippen LogP contribution is 2.48. The first-order valence-corrected chi connectivity index (χ1v) is 13.3. The van der Waals surface area contributed by atoms with E-state index in [4.69, 9.17) is 4.74 Å². The zero-order valence-corrected chi connectivity index (χ0v) is 21.8. The topological polar surface area (TPSA) is 29.5 Å². The molecule has 4 aromatic carbocycles. The number of thiophene rings is 1. The maximum atomic E-state index is 10.0. The first kappa shape index (κ1) is 21.0. The molecule has 2 nitrogen and oxygen atoms in total. The van der Waals surface area contributed by atoms with Gasteiger partial charge < -0.3 is 9.84 Å². The normalized spacial score (nSPS) is 12.4. The van der Waals surface area contributed by atoms with Crippen molar-refractivity contribution in [1.29, 1.82) is 0 Å². The second-order valence-corrected chi connectivity index (χ2v) is 11.7. The van der Waals surface area contributed by atoms with Crippen molar-refractivity contribution in [1.82, 2.24) is 0 Å². The zero-order chi connectivity index (χ0) is 21.5. The molecule has 31 heavy (non-hydrogen) atoms. The highest BCUT2D eigenvalue weighted by molar-refractivity contribution is 14.1. The summed E-state index contributed by atoms with van der Waals surface area (Å²) in [7, 11) is -0.0916. The molecular formula is C26H19I2O2S+. The molecule has 0 aliphatic carbocycles. The summed E-state index contributed by atoms with van der Waals surface area (Å²) in [6.45, 7) is 2.04. The maximum Gasteiger partial charge on any atom is 0.187 e. The van der Waals surface area contributed by atoms with E-state index in [-0.39, 0.29) is 16.6 Å². The Balaban J connectivity index is 1.48. The third-order valence-corrected chi connectivity index (χ3v) is 9.36. The summed E-state index contributed by atoms with van der Waals surface area (Å²) in [5, 5.41) is 12.7. The second kappa shape index (κ2) is 8.60. The lowest BCUT2D eigenvalue weighted by Crippen LogP contribution is -2.04. The van der Waals surface area contributed by atoms with Crippen molar-refractivity contribution in [2.24, 2.45) is 0 Å². The Labute approximate surface area is 211 Å². The van der Waals surface area contributed by atoms with Gasteiger partial charge in [0.05, 0.1) is 7.14 Å². The van der Waals surface area contributed by atoms with E-state index < -0.39 is 0 Å². The lowest BCUT2D eigenvalue weighted by Gasteiger charge is -2.16. The Morgan fingerprint density at radius 1 is 0.774 bits per heavy atom. The fourth-order valence-electron chi connectivity index (χ4n) is 3.85. The van der Waals surface area contributed by atoms with Crippen LogP contribution in [-0.4, -0.2) is 5.11 Å². The van der Waals surface area contributed by atoms with E-state index in [9.17, 15) is 5.11 Å². The van der Waals surface area contributed by atoms with Crippen LogP contribution in [0.25, 0.3) is 25.1 Å². The number of aromatic hydroxyl groups is 1. The number of benzene rings is 4. The molecule has 0 spiro atoms. The molecular weight excluding hydrogens is 630 g/mol. The summed E-state index contributed by atoms with van der Waals surface area (Å²) >= 11 is 4.31. The molecule has 1 heterocycles. The average molecular weight is 649 g/mol. The summed E-state index contributed by atoms with van der Waals surface area (Å²) in [5.74, 6) is 1.18. The number of rotatable bonds is 4. The Hall–Kier alpha value is -1.84. The number of fused-ring (bicyclic) bond motifs is 3. The van der Waals surface area contributed by atoms with E-state index >= 15 is 0 Å². The van der Waals surface area contributed by atoms with E-state index in [1.54, 1.807) is 0 Å². The van der Waals surface area contributed by atoms with Crippen LogP contribution < -0.4 is 4.74 Å². The van der Waals surface area contributed by atoms with Gasteiger partial charge >= 0.3 is 0 Å². The van der Waals surface area contributed by atoms with Crippen LogP contribution in [0.15, 0.2) is 84.9 Å². The Morgan fingerprint density at radius 3 is 1.84 bits per heavy atom. The minimum atomic E-state index is -0.108. The molecule has 1 aromatic heterocycles. The molecule has 0 amide bonds. The van der Waals surface area contributed by atoms with Crippen molar-refractivity contribution in [3.63, 3.8) is 0 Å². The number of phenolic OH excluding ortho intramolecular Hbond substituents is 1. The Bertz CT molecular complexity index is 1330. The molecule has 0 radical (unpaired) electrons. The molecule has 0 saturated carbocycles. The smallest absolute Gasteiger partial charge is 0.187 e. The largest absolute Gasteiger partial charge is 0.506 e. The van der Waals surface area contributed by atoms with Crippen molar-refractivity contribution in [2.75, 3.05) is 0 Å². The summed E-state index contributed by atoms with van der Waals surface area (Å²) in [6.07, 6.45) is -0.108. The minimum absolute atomic E-state index is 0.0916. The molecule has 1 unspecified atom stereocenters. The molecule has 0 aliphatic rings. The van der Waals surface area contributed by atoms with E-state index in [1.165, 1.54) is 25.1 Å². The lowest BCUT2D eigenvalue weighted by molar-refractivity contribution is 0.226. The molecule has 154 valence electrons. The molecule has 5 heteroatoms. The average Bonchev–Trinajstić information content (AvgIpc) is 3.12. The van der Waals surface area contributed by atoms with Gasteiger partial charge in [-0.25, -0.2) is 0 Å². The summed E-state index contributed by atoms with van der Waals surface area (Å²) in [5.41, 5.74) is 1.05. The lowest BCUT2D eigenvalue weighted by atomic mass is 10.1. The zero-order valence-electron chi connectivity index (χ0n) is 16.7. The van der Waals surface area contributed by atoms with Gasteiger partial charge in [-0.1, -0.05) is 24.3 Å². The summed E-state index contributed by atoms with van der Waals surface area (Å²) in [6, 6.07) is 29.9. The number of ether oxygens (including phenoxy) is 1.